The lowest BCUT2D eigenvalue weighted by Gasteiger charge is -2.34. The van der Waals surface area contributed by atoms with Crippen LogP contribution in [0.2, 0.25) is 0 Å². The molecule has 1 fully saturated rings. The number of nitrogens with zero attached hydrogens (tertiary/aromatic N) is 1. The first-order chi connectivity index (χ1) is 8.36. The highest BCUT2D eigenvalue weighted by molar-refractivity contribution is 5.81. The molecule has 0 radical (unpaired) electrons. The van der Waals surface area contributed by atoms with Crippen molar-refractivity contribution in [1.82, 2.24) is 15.5 Å². The van der Waals surface area contributed by atoms with Crippen LogP contribution in [0.3, 0.4) is 0 Å². The first-order valence-electron chi connectivity index (χ1n) is 7.01. The van der Waals surface area contributed by atoms with Crippen LogP contribution in [0.15, 0.2) is 0 Å². The zero-order valence-electron chi connectivity index (χ0n) is 12.5. The number of carbonyl (C=O) groups is 1. The molecule has 106 valence electrons. The molecule has 18 heavy (non-hydrogen) atoms. The summed E-state index contributed by atoms with van der Waals surface area (Å²) < 4.78 is 0. The van der Waals surface area contributed by atoms with Crippen LogP contribution in [0.5, 0.6) is 0 Å². The summed E-state index contributed by atoms with van der Waals surface area (Å²) >= 11 is 0. The molecule has 1 aliphatic heterocycles. The second-order valence-electron chi connectivity index (χ2n) is 6.27. The molecule has 1 rings (SSSR count). The molecule has 1 unspecified atom stereocenters. The van der Waals surface area contributed by atoms with Gasteiger partial charge in [-0.05, 0) is 59.7 Å². The van der Waals surface area contributed by atoms with Gasteiger partial charge in [0.05, 0.1) is 5.41 Å². The van der Waals surface area contributed by atoms with E-state index in [2.05, 4.69) is 29.5 Å². The monoisotopic (exact) mass is 255 g/mol. The maximum Gasteiger partial charge on any atom is 0.226 e. The standard InChI is InChI=1S/C14H29N3O/c1-11(12-6-8-17(5)9-7-12)16-10-14(2,3)13(18)15-4/h11-12,16H,6-10H2,1-5H3,(H,15,18). The maximum absolute atomic E-state index is 11.7. The second-order valence-corrected chi connectivity index (χ2v) is 6.27. The van der Waals surface area contributed by atoms with E-state index in [9.17, 15) is 4.79 Å². The Labute approximate surface area is 111 Å². The number of hydrogen-bond donors (Lipinski definition) is 2. The number of nitrogens with one attached hydrogen (secondary N) is 2. The van der Waals surface area contributed by atoms with Crippen LogP contribution in [-0.4, -0.2) is 50.6 Å². The van der Waals surface area contributed by atoms with E-state index in [1.807, 2.05) is 13.8 Å². The van der Waals surface area contributed by atoms with Crippen LogP contribution in [0.1, 0.15) is 33.6 Å². The van der Waals surface area contributed by atoms with Gasteiger partial charge in [-0.3, -0.25) is 4.79 Å². The van der Waals surface area contributed by atoms with Gasteiger partial charge in [0.25, 0.3) is 0 Å². The number of likely N-dealkylation sites (tertiary alicyclic amines) is 1. The number of piperidine rings is 1. The lowest BCUT2D eigenvalue weighted by molar-refractivity contribution is -0.128. The van der Waals surface area contributed by atoms with E-state index in [4.69, 9.17) is 0 Å². The quantitative estimate of drug-likeness (QED) is 0.772. The zero-order valence-corrected chi connectivity index (χ0v) is 12.5. The Kier molecular flexibility index (Phi) is 5.60. The SMILES string of the molecule is CNC(=O)C(C)(C)CNC(C)C1CCN(C)CC1. The fourth-order valence-electron chi connectivity index (χ4n) is 2.53. The minimum Gasteiger partial charge on any atom is -0.359 e. The molecule has 1 atom stereocenters. The number of amides is 1. The highest BCUT2D eigenvalue weighted by Gasteiger charge is 2.28. The fourth-order valence-corrected chi connectivity index (χ4v) is 2.53. The van der Waals surface area contributed by atoms with Crippen molar-refractivity contribution < 1.29 is 4.79 Å². The van der Waals surface area contributed by atoms with Gasteiger partial charge in [0, 0.05) is 19.6 Å². The molecular formula is C14H29N3O. The molecule has 0 aliphatic carbocycles. The summed E-state index contributed by atoms with van der Waals surface area (Å²) in [6.45, 7) is 9.33. The summed E-state index contributed by atoms with van der Waals surface area (Å²) in [6.07, 6.45) is 2.51. The third-order valence-electron chi connectivity index (χ3n) is 4.18. The van der Waals surface area contributed by atoms with Gasteiger partial charge in [0.1, 0.15) is 0 Å². The summed E-state index contributed by atoms with van der Waals surface area (Å²) in [5.74, 6) is 0.840. The molecule has 0 spiro atoms. The van der Waals surface area contributed by atoms with Crippen LogP contribution in [0, 0.1) is 11.3 Å². The predicted molar refractivity (Wildman–Crippen MR) is 75.5 cm³/mol. The van der Waals surface area contributed by atoms with Gasteiger partial charge in [-0.1, -0.05) is 0 Å². The zero-order chi connectivity index (χ0) is 13.8. The van der Waals surface area contributed by atoms with Crippen molar-refractivity contribution in [3.05, 3.63) is 0 Å². The van der Waals surface area contributed by atoms with E-state index >= 15 is 0 Å². The van der Waals surface area contributed by atoms with Crippen molar-refractivity contribution in [1.29, 1.82) is 0 Å². The first-order valence-corrected chi connectivity index (χ1v) is 7.01. The normalized spacial score (nSPS) is 20.7. The predicted octanol–water partition coefficient (Wildman–Crippen LogP) is 1.08. The van der Waals surface area contributed by atoms with Crippen LogP contribution in [0.4, 0.5) is 0 Å². The lowest BCUT2D eigenvalue weighted by atomic mass is 9.88. The van der Waals surface area contributed by atoms with E-state index in [0.717, 1.165) is 12.5 Å². The molecule has 0 aromatic carbocycles. The second kappa shape index (κ2) is 6.53. The third-order valence-corrected chi connectivity index (χ3v) is 4.18. The van der Waals surface area contributed by atoms with Crippen LogP contribution >= 0.6 is 0 Å². The number of hydrogen-bond acceptors (Lipinski definition) is 3. The van der Waals surface area contributed by atoms with Crippen molar-refractivity contribution in [2.24, 2.45) is 11.3 Å². The van der Waals surface area contributed by atoms with Gasteiger partial charge in [0.15, 0.2) is 0 Å². The molecule has 4 heteroatoms. The minimum absolute atomic E-state index is 0.102. The molecule has 0 bridgehead atoms. The molecule has 1 amide bonds. The fraction of sp³-hybridized carbons (Fsp3) is 0.929. The number of carbonyl (C=O) groups excluding carboxylic acids is 1. The van der Waals surface area contributed by atoms with Crippen molar-refractivity contribution >= 4 is 5.91 Å². The summed E-state index contributed by atoms with van der Waals surface area (Å²) in [7, 11) is 3.88. The van der Waals surface area contributed by atoms with Gasteiger partial charge in [-0.25, -0.2) is 0 Å². The smallest absolute Gasteiger partial charge is 0.226 e. The Morgan fingerprint density at radius 1 is 1.39 bits per heavy atom. The molecule has 4 nitrogen and oxygen atoms in total. The first kappa shape index (κ1) is 15.4. The Bertz CT molecular complexity index is 270. The van der Waals surface area contributed by atoms with Gasteiger partial charge in [-0.2, -0.15) is 0 Å². The highest BCUT2D eigenvalue weighted by atomic mass is 16.2. The molecule has 0 aromatic rings. The number of rotatable bonds is 5. The molecule has 1 heterocycles. The lowest BCUT2D eigenvalue weighted by Crippen LogP contribution is -2.47. The Morgan fingerprint density at radius 2 is 1.94 bits per heavy atom. The van der Waals surface area contributed by atoms with E-state index in [0.29, 0.717) is 6.04 Å². The van der Waals surface area contributed by atoms with Crippen molar-refractivity contribution in [2.45, 2.75) is 39.7 Å². The van der Waals surface area contributed by atoms with Gasteiger partial charge in [-0.15, -0.1) is 0 Å². The van der Waals surface area contributed by atoms with Crippen LogP contribution in [0.25, 0.3) is 0 Å². The summed E-state index contributed by atoms with van der Waals surface area (Å²) in [6, 6.07) is 0.489. The third kappa shape index (κ3) is 4.25. The van der Waals surface area contributed by atoms with Gasteiger partial charge < -0.3 is 15.5 Å². The Hall–Kier alpha value is -0.610. The summed E-state index contributed by atoms with van der Waals surface area (Å²) in [4.78, 5) is 14.1. The molecule has 1 saturated heterocycles. The van der Waals surface area contributed by atoms with E-state index < -0.39 is 0 Å². The van der Waals surface area contributed by atoms with Gasteiger partial charge in [0.2, 0.25) is 5.91 Å². The highest BCUT2D eigenvalue weighted by Crippen LogP contribution is 2.21. The summed E-state index contributed by atoms with van der Waals surface area (Å²) in [5.41, 5.74) is -0.339. The maximum atomic E-state index is 11.7. The molecule has 2 N–H and O–H groups in total. The van der Waals surface area contributed by atoms with E-state index in [-0.39, 0.29) is 11.3 Å². The minimum atomic E-state index is -0.339. The van der Waals surface area contributed by atoms with Crippen molar-refractivity contribution in [2.75, 3.05) is 33.7 Å². The van der Waals surface area contributed by atoms with Crippen LogP contribution < -0.4 is 10.6 Å². The molecule has 0 aromatic heterocycles. The van der Waals surface area contributed by atoms with E-state index in [1.54, 1.807) is 7.05 Å². The Morgan fingerprint density at radius 3 is 2.44 bits per heavy atom. The molecular weight excluding hydrogens is 226 g/mol. The summed E-state index contributed by atoms with van der Waals surface area (Å²) in [5, 5.41) is 6.27. The molecule has 0 saturated carbocycles. The Balaban J connectivity index is 2.36. The van der Waals surface area contributed by atoms with Crippen LogP contribution in [-0.2, 0) is 4.79 Å². The van der Waals surface area contributed by atoms with Crippen molar-refractivity contribution in [3.63, 3.8) is 0 Å². The van der Waals surface area contributed by atoms with E-state index in [1.165, 1.54) is 25.9 Å². The largest absolute Gasteiger partial charge is 0.359 e. The van der Waals surface area contributed by atoms with Crippen molar-refractivity contribution in [3.8, 4) is 0 Å². The average Bonchev–Trinajstić information content (AvgIpc) is 2.35. The average molecular weight is 255 g/mol. The van der Waals surface area contributed by atoms with Gasteiger partial charge >= 0.3 is 0 Å². The molecule has 1 aliphatic rings. The topological polar surface area (TPSA) is 44.4 Å².